The first-order valence-electron chi connectivity index (χ1n) is 10.5. The Balaban J connectivity index is 0.00000341. The molecule has 31 heavy (non-hydrogen) atoms. The van der Waals surface area contributed by atoms with Gasteiger partial charge in [-0.2, -0.15) is 0 Å². The lowest BCUT2D eigenvalue weighted by Crippen LogP contribution is -2.36. The maximum absolute atomic E-state index is 6.19. The molecule has 2 N–H and O–H groups in total. The first-order chi connectivity index (χ1) is 14.5. The molecule has 0 radical (unpaired) electrons. The molecule has 1 aliphatic heterocycles. The Kier molecular flexibility index (Phi) is 10.6. The maximum Gasteiger partial charge on any atom is 0.191 e. The molecule has 1 unspecified atom stereocenters. The zero-order valence-corrected chi connectivity index (χ0v) is 21.3. The fraction of sp³-hybridized carbons (Fsp3) is 0.458. The van der Waals surface area contributed by atoms with Gasteiger partial charge in [-0.1, -0.05) is 36.4 Å². The highest BCUT2D eigenvalue weighted by Crippen LogP contribution is 2.23. The van der Waals surface area contributed by atoms with Gasteiger partial charge in [-0.05, 0) is 43.8 Å². The molecule has 0 amide bonds. The average Bonchev–Trinajstić information content (AvgIpc) is 3.23. The Morgan fingerprint density at radius 1 is 1.10 bits per heavy atom. The summed E-state index contributed by atoms with van der Waals surface area (Å²) in [6.07, 6.45) is 1.08. The summed E-state index contributed by atoms with van der Waals surface area (Å²) in [4.78, 5) is 6.52. The number of nitrogens with zero attached hydrogens (tertiary/aromatic N) is 2. The van der Waals surface area contributed by atoms with Crippen molar-refractivity contribution in [3.63, 3.8) is 0 Å². The number of halogens is 1. The van der Waals surface area contributed by atoms with E-state index >= 15 is 0 Å². The van der Waals surface area contributed by atoms with E-state index < -0.39 is 0 Å². The lowest BCUT2D eigenvalue weighted by atomic mass is 10.1. The largest absolute Gasteiger partial charge is 0.488 e. The molecule has 2 aromatic rings. The minimum atomic E-state index is 0. The fourth-order valence-corrected chi connectivity index (χ4v) is 3.42. The summed E-state index contributed by atoms with van der Waals surface area (Å²) in [6, 6.07) is 15.0. The Bertz CT molecular complexity index is 834. The van der Waals surface area contributed by atoms with Gasteiger partial charge in [0.2, 0.25) is 0 Å². The molecule has 0 spiro atoms. The maximum atomic E-state index is 6.19. The first kappa shape index (κ1) is 25.4. The van der Waals surface area contributed by atoms with Crippen molar-refractivity contribution in [2.45, 2.75) is 39.1 Å². The van der Waals surface area contributed by atoms with Crippen LogP contribution in [0.3, 0.4) is 0 Å². The molecule has 0 bridgehead atoms. The van der Waals surface area contributed by atoms with Crippen LogP contribution < -0.4 is 15.4 Å². The molecule has 0 saturated carbocycles. The predicted molar refractivity (Wildman–Crippen MR) is 137 cm³/mol. The highest BCUT2D eigenvalue weighted by Gasteiger charge is 2.18. The zero-order chi connectivity index (χ0) is 21.3. The Morgan fingerprint density at radius 2 is 1.81 bits per heavy atom. The number of nitrogens with one attached hydrogen (secondary N) is 2. The third-order valence-electron chi connectivity index (χ3n) is 5.06. The predicted octanol–water partition coefficient (Wildman–Crippen LogP) is 3.71. The van der Waals surface area contributed by atoms with Gasteiger partial charge in [0.25, 0.3) is 0 Å². The molecule has 1 fully saturated rings. The van der Waals surface area contributed by atoms with Crippen LogP contribution in [-0.2, 0) is 24.4 Å². The van der Waals surface area contributed by atoms with Crippen molar-refractivity contribution >= 4 is 29.9 Å². The van der Waals surface area contributed by atoms with Crippen LogP contribution in [0.5, 0.6) is 5.75 Å². The van der Waals surface area contributed by atoms with Gasteiger partial charge >= 0.3 is 0 Å². The summed E-state index contributed by atoms with van der Waals surface area (Å²) >= 11 is 0. The van der Waals surface area contributed by atoms with Crippen LogP contribution in [0.15, 0.2) is 47.5 Å². The molecule has 2 aromatic carbocycles. The van der Waals surface area contributed by atoms with Crippen LogP contribution in [0.25, 0.3) is 0 Å². The van der Waals surface area contributed by atoms with Crippen molar-refractivity contribution < 1.29 is 9.47 Å². The summed E-state index contributed by atoms with van der Waals surface area (Å²) < 4.78 is 11.6. The van der Waals surface area contributed by atoms with Crippen LogP contribution in [0.4, 0.5) is 0 Å². The minimum absolute atomic E-state index is 0. The highest BCUT2D eigenvalue weighted by molar-refractivity contribution is 14.0. The van der Waals surface area contributed by atoms with Gasteiger partial charge in [0.05, 0.1) is 13.2 Å². The van der Waals surface area contributed by atoms with E-state index in [-0.39, 0.29) is 30.1 Å². The number of benzene rings is 2. The monoisotopic (exact) mass is 538 g/mol. The molecule has 1 atom stereocenters. The molecule has 0 aromatic heterocycles. The number of aryl methyl sites for hydroxylation is 1. The highest BCUT2D eigenvalue weighted by atomic mass is 127. The normalized spacial score (nSPS) is 16.2. The van der Waals surface area contributed by atoms with Crippen molar-refractivity contribution in [3.05, 3.63) is 64.7 Å². The summed E-state index contributed by atoms with van der Waals surface area (Å²) in [6.45, 7) is 5.84. The van der Waals surface area contributed by atoms with Gasteiger partial charge in [0.15, 0.2) is 5.96 Å². The standard InChI is InChI=1S/C24H34N4O2.HI/c1-18-5-10-21(23(13-18)30-22-11-12-29-17-22)15-27-24(25-2)26-14-19-6-8-20(9-7-19)16-28(3)4;/h5-10,13,22H,11-12,14-17H2,1-4H3,(H2,25,26,27);1H. The second-order valence-corrected chi connectivity index (χ2v) is 8.05. The van der Waals surface area contributed by atoms with Crippen LogP contribution >= 0.6 is 24.0 Å². The number of aliphatic imine (C=N–C) groups is 1. The first-order valence-corrected chi connectivity index (χ1v) is 10.5. The van der Waals surface area contributed by atoms with E-state index in [1.54, 1.807) is 7.05 Å². The van der Waals surface area contributed by atoms with Crippen molar-refractivity contribution in [1.29, 1.82) is 0 Å². The van der Waals surface area contributed by atoms with E-state index in [4.69, 9.17) is 9.47 Å². The van der Waals surface area contributed by atoms with Crippen LogP contribution in [0.2, 0.25) is 0 Å². The van der Waals surface area contributed by atoms with Crippen molar-refractivity contribution in [2.24, 2.45) is 4.99 Å². The number of hydrogen-bond acceptors (Lipinski definition) is 4. The quantitative estimate of drug-likeness (QED) is 0.305. The van der Waals surface area contributed by atoms with E-state index in [0.29, 0.717) is 13.2 Å². The molecule has 0 aliphatic carbocycles. The van der Waals surface area contributed by atoms with Gasteiger partial charge in [0, 0.05) is 38.7 Å². The zero-order valence-electron chi connectivity index (χ0n) is 19.0. The fourth-order valence-electron chi connectivity index (χ4n) is 3.42. The molecule has 7 heteroatoms. The number of rotatable bonds is 8. The van der Waals surface area contributed by atoms with Crippen molar-refractivity contribution in [2.75, 3.05) is 34.4 Å². The lowest BCUT2D eigenvalue weighted by molar-refractivity contribution is 0.140. The van der Waals surface area contributed by atoms with Crippen LogP contribution in [0.1, 0.15) is 28.7 Å². The third-order valence-corrected chi connectivity index (χ3v) is 5.06. The molecule has 170 valence electrons. The van der Waals surface area contributed by atoms with Gasteiger partial charge < -0.3 is 25.0 Å². The van der Waals surface area contributed by atoms with Crippen LogP contribution in [-0.4, -0.2) is 51.3 Å². The third kappa shape index (κ3) is 8.31. The van der Waals surface area contributed by atoms with Crippen molar-refractivity contribution in [3.8, 4) is 5.75 Å². The molecule has 1 heterocycles. The van der Waals surface area contributed by atoms with E-state index in [9.17, 15) is 0 Å². The summed E-state index contributed by atoms with van der Waals surface area (Å²) in [5.74, 6) is 1.69. The average molecular weight is 538 g/mol. The van der Waals surface area contributed by atoms with Gasteiger partial charge in [-0.15, -0.1) is 24.0 Å². The van der Waals surface area contributed by atoms with E-state index in [1.165, 1.54) is 16.7 Å². The second-order valence-electron chi connectivity index (χ2n) is 8.05. The number of guanidine groups is 1. The topological polar surface area (TPSA) is 58.1 Å². The number of hydrogen-bond donors (Lipinski definition) is 2. The smallest absolute Gasteiger partial charge is 0.191 e. The Morgan fingerprint density at radius 3 is 2.45 bits per heavy atom. The van der Waals surface area contributed by atoms with Crippen LogP contribution in [0, 0.1) is 6.92 Å². The number of ether oxygens (including phenoxy) is 2. The Hall–Kier alpha value is -1.84. The summed E-state index contributed by atoms with van der Waals surface area (Å²) in [5, 5.41) is 6.79. The second kappa shape index (κ2) is 12.9. The van der Waals surface area contributed by atoms with Gasteiger partial charge in [0.1, 0.15) is 11.9 Å². The summed E-state index contributed by atoms with van der Waals surface area (Å²) in [5.41, 5.74) is 4.84. The van der Waals surface area contributed by atoms with E-state index in [0.717, 1.165) is 43.4 Å². The minimum Gasteiger partial charge on any atom is -0.488 e. The molecule has 6 nitrogen and oxygen atoms in total. The van der Waals surface area contributed by atoms with Gasteiger partial charge in [-0.25, -0.2) is 0 Å². The van der Waals surface area contributed by atoms with Gasteiger partial charge in [-0.3, -0.25) is 4.99 Å². The molecule has 1 aliphatic rings. The summed E-state index contributed by atoms with van der Waals surface area (Å²) in [7, 11) is 5.95. The molecular weight excluding hydrogens is 503 g/mol. The van der Waals surface area contributed by atoms with E-state index in [2.05, 4.69) is 84.0 Å². The molecule has 3 rings (SSSR count). The Labute approximate surface area is 203 Å². The SMILES string of the molecule is CN=C(NCc1ccc(CN(C)C)cc1)NCc1ccc(C)cc1OC1CCOC1.I. The van der Waals surface area contributed by atoms with Crippen molar-refractivity contribution in [1.82, 2.24) is 15.5 Å². The molecule has 1 saturated heterocycles. The molecular formula is C24H35IN4O2. The lowest BCUT2D eigenvalue weighted by Gasteiger charge is -2.18. The van der Waals surface area contributed by atoms with E-state index in [1.807, 2.05) is 0 Å².